The summed E-state index contributed by atoms with van der Waals surface area (Å²) in [5.74, 6) is -2.72. The first-order valence-corrected chi connectivity index (χ1v) is 7.89. The molecule has 6 nitrogen and oxygen atoms in total. The van der Waals surface area contributed by atoms with E-state index in [0.717, 1.165) is 6.21 Å². The standard InChI is InChI=1S/C16H18Cl2N2O4/c1-8(2)24-16(23)12(9(3)21)7-20-13-6-10(17)5-11(14(13)18)15(22)19-4/h5-8,12H,1-4H3,(H,19,22). The number of Topliss-reactive ketones (excluding diaryl/α,β-unsaturated/α-hetero) is 1. The molecule has 130 valence electrons. The Morgan fingerprint density at radius 1 is 1.25 bits per heavy atom. The van der Waals surface area contributed by atoms with Gasteiger partial charge in [-0.1, -0.05) is 23.2 Å². The summed E-state index contributed by atoms with van der Waals surface area (Å²) in [6.07, 6.45) is 0.778. The third-order valence-corrected chi connectivity index (χ3v) is 3.51. The maximum atomic E-state index is 11.9. The molecule has 0 spiro atoms. The lowest BCUT2D eigenvalue weighted by Gasteiger charge is -2.12. The zero-order valence-electron chi connectivity index (χ0n) is 13.7. The number of nitrogens with zero attached hydrogens (tertiary/aromatic N) is 1. The van der Waals surface area contributed by atoms with Crippen molar-refractivity contribution in [3.63, 3.8) is 0 Å². The van der Waals surface area contributed by atoms with E-state index < -0.39 is 23.6 Å². The lowest BCUT2D eigenvalue weighted by atomic mass is 10.1. The van der Waals surface area contributed by atoms with Crippen LogP contribution in [0.15, 0.2) is 17.1 Å². The lowest BCUT2D eigenvalue weighted by molar-refractivity contribution is -0.151. The van der Waals surface area contributed by atoms with Crippen molar-refractivity contribution in [1.82, 2.24) is 5.32 Å². The predicted octanol–water partition coefficient (Wildman–Crippen LogP) is 3.21. The van der Waals surface area contributed by atoms with Crippen molar-refractivity contribution < 1.29 is 19.1 Å². The fraction of sp³-hybridized carbons (Fsp3) is 0.375. The van der Waals surface area contributed by atoms with Crippen molar-refractivity contribution >= 4 is 52.8 Å². The van der Waals surface area contributed by atoms with Crippen LogP contribution in [0.2, 0.25) is 10.0 Å². The van der Waals surface area contributed by atoms with Gasteiger partial charge < -0.3 is 10.1 Å². The molecular formula is C16H18Cl2N2O4. The lowest BCUT2D eigenvalue weighted by Crippen LogP contribution is -2.27. The van der Waals surface area contributed by atoms with Crippen LogP contribution >= 0.6 is 23.2 Å². The summed E-state index contributed by atoms with van der Waals surface area (Å²) in [6.45, 7) is 4.61. The number of amides is 1. The number of benzene rings is 1. The van der Waals surface area contributed by atoms with Crippen molar-refractivity contribution in [3.8, 4) is 0 Å². The number of ether oxygens (including phenoxy) is 1. The molecule has 1 unspecified atom stereocenters. The van der Waals surface area contributed by atoms with Crippen LogP contribution in [0.25, 0.3) is 0 Å². The summed E-state index contributed by atoms with van der Waals surface area (Å²) in [5, 5.41) is 2.75. The Labute approximate surface area is 150 Å². The van der Waals surface area contributed by atoms with Crippen molar-refractivity contribution in [2.24, 2.45) is 10.9 Å². The van der Waals surface area contributed by atoms with Crippen LogP contribution < -0.4 is 5.32 Å². The molecule has 1 N–H and O–H groups in total. The van der Waals surface area contributed by atoms with Gasteiger partial charge in [-0.3, -0.25) is 19.4 Å². The number of aliphatic imine (C=N–C) groups is 1. The van der Waals surface area contributed by atoms with Gasteiger partial charge in [-0.25, -0.2) is 0 Å². The minimum Gasteiger partial charge on any atom is -0.462 e. The van der Waals surface area contributed by atoms with Gasteiger partial charge in [-0.05, 0) is 32.9 Å². The van der Waals surface area contributed by atoms with E-state index in [9.17, 15) is 14.4 Å². The van der Waals surface area contributed by atoms with Gasteiger partial charge in [0.2, 0.25) is 0 Å². The van der Waals surface area contributed by atoms with Crippen LogP contribution in [0.1, 0.15) is 31.1 Å². The van der Waals surface area contributed by atoms with Crippen LogP contribution in [0.5, 0.6) is 0 Å². The number of nitrogens with one attached hydrogen (secondary N) is 1. The monoisotopic (exact) mass is 372 g/mol. The number of hydrogen-bond acceptors (Lipinski definition) is 5. The van der Waals surface area contributed by atoms with Crippen LogP contribution in [0.3, 0.4) is 0 Å². The molecule has 0 saturated heterocycles. The molecule has 0 aliphatic heterocycles. The number of carbonyl (C=O) groups excluding carboxylic acids is 3. The Kier molecular flexibility index (Phi) is 7.38. The molecule has 1 atom stereocenters. The normalized spacial score (nSPS) is 12.3. The third-order valence-electron chi connectivity index (χ3n) is 2.90. The highest BCUT2D eigenvalue weighted by molar-refractivity contribution is 6.38. The fourth-order valence-corrected chi connectivity index (χ4v) is 2.22. The van der Waals surface area contributed by atoms with Crippen LogP contribution in [-0.2, 0) is 14.3 Å². The van der Waals surface area contributed by atoms with Gasteiger partial charge in [0.15, 0.2) is 5.92 Å². The van der Waals surface area contributed by atoms with Gasteiger partial charge in [0.1, 0.15) is 5.78 Å². The minimum atomic E-state index is -1.16. The average molecular weight is 373 g/mol. The van der Waals surface area contributed by atoms with E-state index in [1.807, 2.05) is 0 Å². The Morgan fingerprint density at radius 3 is 2.38 bits per heavy atom. The highest BCUT2D eigenvalue weighted by atomic mass is 35.5. The van der Waals surface area contributed by atoms with Gasteiger partial charge in [-0.15, -0.1) is 0 Å². The predicted molar refractivity (Wildman–Crippen MR) is 93.4 cm³/mol. The highest BCUT2D eigenvalue weighted by Crippen LogP contribution is 2.32. The molecule has 0 heterocycles. The molecule has 0 aliphatic carbocycles. The molecule has 0 saturated carbocycles. The van der Waals surface area contributed by atoms with Crippen molar-refractivity contribution in [1.29, 1.82) is 0 Å². The Morgan fingerprint density at radius 2 is 1.88 bits per heavy atom. The first-order chi connectivity index (χ1) is 11.2. The third kappa shape index (κ3) is 5.32. The molecule has 1 rings (SSSR count). The zero-order valence-corrected chi connectivity index (χ0v) is 15.2. The van der Waals surface area contributed by atoms with Crippen molar-refractivity contribution in [2.45, 2.75) is 26.9 Å². The first kappa shape index (κ1) is 20.1. The Bertz CT molecular complexity index is 687. The minimum absolute atomic E-state index is 0.0644. The molecule has 0 fully saturated rings. The Balaban J connectivity index is 3.19. The second-order valence-corrected chi connectivity index (χ2v) is 6.03. The van der Waals surface area contributed by atoms with Crippen LogP contribution in [0, 0.1) is 5.92 Å². The van der Waals surface area contributed by atoms with E-state index in [1.165, 1.54) is 26.1 Å². The quantitative estimate of drug-likeness (QED) is 0.471. The molecule has 0 radical (unpaired) electrons. The Hall–Kier alpha value is -1.92. The topological polar surface area (TPSA) is 84.8 Å². The molecular weight excluding hydrogens is 355 g/mol. The van der Waals surface area contributed by atoms with Crippen LogP contribution in [0.4, 0.5) is 5.69 Å². The van der Waals surface area contributed by atoms with E-state index in [-0.39, 0.29) is 27.4 Å². The van der Waals surface area contributed by atoms with Gasteiger partial charge in [0.25, 0.3) is 5.91 Å². The summed E-state index contributed by atoms with van der Waals surface area (Å²) < 4.78 is 5.02. The maximum absolute atomic E-state index is 11.9. The van der Waals surface area contributed by atoms with E-state index in [0.29, 0.717) is 0 Å². The highest BCUT2D eigenvalue weighted by Gasteiger charge is 2.24. The molecule has 1 aromatic rings. The number of rotatable bonds is 6. The van der Waals surface area contributed by atoms with E-state index in [2.05, 4.69) is 10.3 Å². The molecule has 24 heavy (non-hydrogen) atoms. The number of esters is 1. The van der Waals surface area contributed by atoms with E-state index in [4.69, 9.17) is 27.9 Å². The largest absolute Gasteiger partial charge is 0.462 e. The number of carbonyl (C=O) groups is 3. The smallest absolute Gasteiger partial charge is 0.322 e. The van der Waals surface area contributed by atoms with E-state index in [1.54, 1.807) is 13.8 Å². The second kappa shape index (κ2) is 8.80. The number of hydrogen-bond donors (Lipinski definition) is 1. The van der Waals surface area contributed by atoms with Gasteiger partial charge >= 0.3 is 5.97 Å². The van der Waals surface area contributed by atoms with Gasteiger partial charge in [0, 0.05) is 18.3 Å². The molecule has 1 aromatic carbocycles. The maximum Gasteiger partial charge on any atom is 0.322 e. The molecule has 8 heteroatoms. The molecule has 0 aromatic heterocycles. The number of halogens is 2. The summed E-state index contributed by atoms with van der Waals surface area (Å²) in [5.41, 5.74) is 0.314. The summed E-state index contributed by atoms with van der Waals surface area (Å²) in [4.78, 5) is 39.4. The summed E-state index contributed by atoms with van der Waals surface area (Å²) in [7, 11) is 1.45. The molecule has 0 bridgehead atoms. The first-order valence-electron chi connectivity index (χ1n) is 7.13. The van der Waals surface area contributed by atoms with E-state index >= 15 is 0 Å². The van der Waals surface area contributed by atoms with Gasteiger partial charge in [0.05, 0.1) is 22.4 Å². The average Bonchev–Trinajstić information content (AvgIpc) is 2.48. The second-order valence-electron chi connectivity index (χ2n) is 5.22. The number of ketones is 1. The van der Waals surface area contributed by atoms with Gasteiger partial charge in [-0.2, -0.15) is 0 Å². The zero-order chi connectivity index (χ0) is 18.4. The fourth-order valence-electron chi connectivity index (χ4n) is 1.76. The summed E-state index contributed by atoms with van der Waals surface area (Å²) >= 11 is 12.1. The SMILES string of the molecule is CNC(=O)c1cc(Cl)cc(N=CC(C(C)=O)C(=O)OC(C)C)c1Cl. The molecule has 0 aliphatic rings. The van der Waals surface area contributed by atoms with Crippen molar-refractivity contribution in [2.75, 3.05) is 7.05 Å². The summed E-state index contributed by atoms with van der Waals surface area (Å²) in [6, 6.07) is 2.83. The molecule has 1 amide bonds. The van der Waals surface area contributed by atoms with Crippen LogP contribution in [-0.4, -0.2) is 37.0 Å². The van der Waals surface area contributed by atoms with Crippen molar-refractivity contribution in [3.05, 3.63) is 27.7 Å².